The quantitative estimate of drug-likeness (QED) is 0.499. The molecule has 0 N–H and O–H groups in total. The van der Waals surface area contributed by atoms with E-state index in [1.807, 2.05) is 0 Å². The molecular formula is C10H8F13. The van der Waals surface area contributed by atoms with Crippen molar-refractivity contribution in [3.8, 4) is 0 Å². The lowest BCUT2D eigenvalue weighted by molar-refractivity contribution is -0.440. The highest BCUT2D eigenvalue weighted by Crippen LogP contribution is 2.60. The standard InChI is InChI=1S/C10H8F13/c1-2-3-4-5(11,12)6(13,14)7(15,16)8(17,18)9(19,20)10(21,22)23/h2H,3-4H2,1H3. The van der Waals surface area contributed by atoms with Gasteiger partial charge < -0.3 is 0 Å². The van der Waals surface area contributed by atoms with Crippen LogP contribution in [0.5, 0.6) is 0 Å². The number of hydrogen-bond acceptors (Lipinski definition) is 0. The highest BCUT2D eigenvalue weighted by atomic mass is 19.4. The van der Waals surface area contributed by atoms with Crippen LogP contribution in [0.2, 0.25) is 0 Å². The second-order valence-electron chi connectivity index (χ2n) is 4.45. The van der Waals surface area contributed by atoms with Gasteiger partial charge in [0, 0.05) is 6.42 Å². The Balaban J connectivity index is 6.03. The van der Waals surface area contributed by atoms with E-state index in [4.69, 9.17) is 0 Å². The molecule has 0 bridgehead atoms. The fraction of sp³-hybridized carbons (Fsp3) is 0.900. The van der Waals surface area contributed by atoms with Gasteiger partial charge in [0.1, 0.15) is 0 Å². The fourth-order valence-corrected chi connectivity index (χ4v) is 1.28. The summed E-state index contributed by atoms with van der Waals surface area (Å²) in [4.78, 5) is 0. The zero-order valence-corrected chi connectivity index (χ0v) is 10.9. The molecule has 0 aliphatic carbocycles. The van der Waals surface area contributed by atoms with Gasteiger partial charge in [0.15, 0.2) is 0 Å². The van der Waals surface area contributed by atoms with Crippen LogP contribution in [0.4, 0.5) is 57.1 Å². The zero-order valence-electron chi connectivity index (χ0n) is 10.9. The molecule has 0 aliphatic heterocycles. The maximum Gasteiger partial charge on any atom is 0.460 e. The first-order chi connectivity index (χ1) is 9.81. The summed E-state index contributed by atoms with van der Waals surface area (Å²) in [5.41, 5.74) is 0. The molecule has 0 aromatic rings. The molecule has 0 rings (SSSR count). The molecular weight excluding hydrogens is 367 g/mol. The Kier molecular flexibility index (Phi) is 5.63. The zero-order chi connectivity index (χ0) is 19.1. The molecule has 0 saturated carbocycles. The second kappa shape index (κ2) is 5.87. The van der Waals surface area contributed by atoms with Crippen molar-refractivity contribution in [1.82, 2.24) is 0 Å². The molecule has 0 fully saturated rings. The number of unbranched alkanes of at least 4 members (excludes halogenated alkanes) is 1. The SMILES string of the molecule is C[CH]CCC(F)(F)C(F)(F)C(F)(F)C(F)(F)C(F)(F)C(F)(F)F. The molecule has 0 atom stereocenters. The molecule has 139 valence electrons. The van der Waals surface area contributed by atoms with Crippen LogP contribution in [0.15, 0.2) is 0 Å². The first-order valence-electron chi connectivity index (χ1n) is 5.55. The smallest absolute Gasteiger partial charge is 0.200 e. The van der Waals surface area contributed by atoms with Crippen LogP contribution >= 0.6 is 0 Å². The first-order valence-corrected chi connectivity index (χ1v) is 5.55. The van der Waals surface area contributed by atoms with E-state index in [0.29, 0.717) is 0 Å². The molecule has 0 heterocycles. The monoisotopic (exact) mass is 375 g/mol. The Morgan fingerprint density at radius 3 is 1.22 bits per heavy atom. The Bertz CT molecular complexity index is 405. The van der Waals surface area contributed by atoms with Gasteiger partial charge in [0.25, 0.3) is 0 Å². The Hall–Kier alpha value is -0.910. The summed E-state index contributed by atoms with van der Waals surface area (Å²) in [6, 6.07) is 0. The number of rotatable bonds is 7. The van der Waals surface area contributed by atoms with E-state index < -0.39 is 48.6 Å². The van der Waals surface area contributed by atoms with Crippen LogP contribution in [0, 0.1) is 6.42 Å². The van der Waals surface area contributed by atoms with Gasteiger partial charge in [-0.1, -0.05) is 6.92 Å². The third-order valence-electron chi connectivity index (χ3n) is 2.75. The highest BCUT2D eigenvalue weighted by Gasteiger charge is 2.90. The van der Waals surface area contributed by atoms with Crippen LogP contribution < -0.4 is 0 Å². The van der Waals surface area contributed by atoms with Gasteiger partial charge in [-0.05, 0) is 12.8 Å². The van der Waals surface area contributed by atoms with Gasteiger partial charge >= 0.3 is 35.8 Å². The van der Waals surface area contributed by atoms with E-state index in [2.05, 4.69) is 0 Å². The van der Waals surface area contributed by atoms with Crippen LogP contribution in [0.25, 0.3) is 0 Å². The van der Waals surface area contributed by atoms with Crippen LogP contribution in [0.3, 0.4) is 0 Å². The van der Waals surface area contributed by atoms with E-state index in [1.165, 1.54) is 0 Å². The predicted octanol–water partition coefficient (Wildman–Crippen LogP) is 5.73. The van der Waals surface area contributed by atoms with Gasteiger partial charge in [0.05, 0.1) is 0 Å². The Morgan fingerprint density at radius 1 is 0.565 bits per heavy atom. The Labute approximate surface area is 120 Å². The molecule has 1 radical (unpaired) electrons. The topological polar surface area (TPSA) is 0 Å². The van der Waals surface area contributed by atoms with Crippen molar-refractivity contribution in [2.45, 2.75) is 55.6 Å². The lowest BCUT2D eigenvalue weighted by Crippen LogP contribution is -2.70. The second-order valence-corrected chi connectivity index (χ2v) is 4.45. The molecule has 13 heteroatoms. The summed E-state index contributed by atoms with van der Waals surface area (Å²) in [5.74, 6) is -36.3. The molecule has 0 saturated heterocycles. The van der Waals surface area contributed by atoms with E-state index in [1.54, 1.807) is 0 Å². The van der Waals surface area contributed by atoms with Crippen molar-refractivity contribution in [1.29, 1.82) is 0 Å². The molecule has 0 aromatic carbocycles. The summed E-state index contributed by atoms with van der Waals surface area (Å²) >= 11 is 0. The van der Waals surface area contributed by atoms with Crippen LogP contribution in [-0.4, -0.2) is 35.8 Å². The summed E-state index contributed by atoms with van der Waals surface area (Å²) in [7, 11) is 0. The number of hydrogen-bond donors (Lipinski definition) is 0. The van der Waals surface area contributed by atoms with Gasteiger partial charge in [-0.25, -0.2) is 0 Å². The summed E-state index contributed by atoms with van der Waals surface area (Å²) < 4.78 is 164. The lowest BCUT2D eigenvalue weighted by Gasteiger charge is -2.39. The van der Waals surface area contributed by atoms with E-state index in [0.717, 1.165) is 13.3 Å². The summed E-state index contributed by atoms with van der Waals surface area (Å²) in [6.07, 6.45) is -9.81. The third kappa shape index (κ3) is 3.19. The molecule has 0 nitrogen and oxygen atoms in total. The maximum absolute atomic E-state index is 13.0. The third-order valence-corrected chi connectivity index (χ3v) is 2.75. The Morgan fingerprint density at radius 2 is 0.913 bits per heavy atom. The highest BCUT2D eigenvalue weighted by molar-refractivity contribution is 5.10. The molecule has 23 heavy (non-hydrogen) atoms. The van der Waals surface area contributed by atoms with Crippen molar-refractivity contribution in [2.24, 2.45) is 0 Å². The molecule has 0 aromatic heterocycles. The van der Waals surface area contributed by atoms with E-state index in [9.17, 15) is 57.1 Å². The van der Waals surface area contributed by atoms with Gasteiger partial charge in [0.2, 0.25) is 0 Å². The molecule has 0 unspecified atom stereocenters. The van der Waals surface area contributed by atoms with E-state index >= 15 is 0 Å². The predicted molar refractivity (Wildman–Crippen MR) is 50.0 cm³/mol. The van der Waals surface area contributed by atoms with Crippen molar-refractivity contribution < 1.29 is 57.1 Å². The summed E-state index contributed by atoms with van der Waals surface area (Å²) in [5, 5.41) is 0. The molecule has 0 spiro atoms. The minimum absolute atomic E-state index is 0.741. The van der Waals surface area contributed by atoms with Gasteiger partial charge in [-0.2, -0.15) is 57.1 Å². The number of halogens is 13. The largest absolute Gasteiger partial charge is 0.460 e. The van der Waals surface area contributed by atoms with Gasteiger partial charge in [-0.3, -0.25) is 0 Å². The van der Waals surface area contributed by atoms with Crippen molar-refractivity contribution in [2.75, 3.05) is 0 Å². The summed E-state index contributed by atoms with van der Waals surface area (Å²) in [6.45, 7) is 0.999. The lowest BCUT2D eigenvalue weighted by atomic mass is 9.92. The minimum Gasteiger partial charge on any atom is -0.200 e. The van der Waals surface area contributed by atoms with Gasteiger partial charge in [-0.15, -0.1) is 0 Å². The van der Waals surface area contributed by atoms with Crippen LogP contribution in [-0.2, 0) is 0 Å². The normalized spacial score (nSPS) is 15.9. The van der Waals surface area contributed by atoms with Crippen molar-refractivity contribution >= 4 is 0 Å². The van der Waals surface area contributed by atoms with Crippen molar-refractivity contribution in [3.63, 3.8) is 0 Å². The maximum atomic E-state index is 13.0. The number of alkyl halides is 13. The average Bonchev–Trinajstić information content (AvgIpc) is 2.34. The minimum atomic E-state index is -7.82. The van der Waals surface area contributed by atoms with Crippen molar-refractivity contribution in [3.05, 3.63) is 6.42 Å². The first kappa shape index (κ1) is 22.1. The molecule has 0 aliphatic rings. The fourth-order valence-electron chi connectivity index (χ4n) is 1.28. The molecule has 0 amide bonds. The van der Waals surface area contributed by atoms with Crippen LogP contribution in [0.1, 0.15) is 19.8 Å². The van der Waals surface area contributed by atoms with E-state index in [-0.39, 0.29) is 0 Å². The average molecular weight is 375 g/mol.